The Labute approximate surface area is 92.3 Å². The smallest absolute Gasteiger partial charge is 0.0271 e. The molecular weight excluding hydrogens is 186 g/mol. The minimum atomic E-state index is 0.255. The van der Waals surface area contributed by atoms with E-state index in [2.05, 4.69) is 30.8 Å². The number of hydrogen-bond acceptors (Lipinski definition) is 3. The molecule has 1 aromatic rings. The highest BCUT2D eigenvalue weighted by Crippen LogP contribution is 2.06. The summed E-state index contributed by atoms with van der Waals surface area (Å²) in [5.41, 5.74) is 7.14. The number of hydrogen-bond donors (Lipinski definition) is 1. The van der Waals surface area contributed by atoms with E-state index in [1.54, 1.807) is 0 Å². The predicted octanol–water partition coefficient (Wildman–Crippen LogP) is 1.50. The largest absolute Gasteiger partial charge is 0.328 e. The zero-order valence-corrected chi connectivity index (χ0v) is 9.85. The van der Waals surface area contributed by atoms with Gasteiger partial charge in [-0.1, -0.05) is 6.92 Å². The van der Waals surface area contributed by atoms with Crippen LogP contribution in [-0.4, -0.2) is 29.5 Å². The van der Waals surface area contributed by atoms with Crippen LogP contribution in [0.1, 0.15) is 19.4 Å². The number of nitrogens with two attached hydrogens (primary N) is 1. The topological polar surface area (TPSA) is 42.1 Å². The summed E-state index contributed by atoms with van der Waals surface area (Å²) < 4.78 is 0. The van der Waals surface area contributed by atoms with Gasteiger partial charge in [-0.3, -0.25) is 4.98 Å². The molecule has 0 saturated heterocycles. The van der Waals surface area contributed by atoms with Crippen molar-refractivity contribution in [2.24, 2.45) is 11.7 Å². The van der Waals surface area contributed by atoms with Crippen LogP contribution in [0.5, 0.6) is 0 Å². The van der Waals surface area contributed by atoms with Gasteiger partial charge in [-0.15, -0.1) is 0 Å². The van der Waals surface area contributed by atoms with Crippen LogP contribution in [0.3, 0.4) is 0 Å². The molecular formula is C12H21N3. The maximum atomic E-state index is 5.84. The van der Waals surface area contributed by atoms with Crippen LogP contribution in [0.15, 0.2) is 24.5 Å². The van der Waals surface area contributed by atoms with Crippen molar-refractivity contribution in [3.05, 3.63) is 30.1 Å². The first-order valence-corrected chi connectivity index (χ1v) is 5.42. The van der Waals surface area contributed by atoms with Crippen LogP contribution < -0.4 is 5.73 Å². The number of aromatic nitrogens is 1. The van der Waals surface area contributed by atoms with Gasteiger partial charge in [0, 0.05) is 31.5 Å². The third kappa shape index (κ3) is 4.40. The maximum absolute atomic E-state index is 5.84. The van der Waals surface area contributed by atoms with Crippen molar-refractivity contribution < 1.29 is 0 Å². The lowest BCUT2D eigenvalue weighted by Crippen LogP contribution is -2.34. The minimum Gasteiger partial charge on any atom is -0.328 e. The van der Waals surface area contributed by atoms with Crippen molar-refractivity contribution in [1.82, 2.24) is 9.88 Å². The number of nitrogens with zero attached hydrogens (tertiary/aromatic N) is 2. The SMILES string of the molecule is CC(N)C(C)CN(C)Cc1ccncc1. The molecule has 2 N–H and O–H groups in total. The van der Waals surface area contributed by atoms with E-state index in [-0.39, 0.29) is 6.04 Å². The summed E-state index contributed by atoms with van der Waals surface area (Å²) in [5, 5.41) is 0. The normalized spacial score (nSPS) is 15.3. The highest BCUT2D eigenvalue weighted by Gasteiger charge is 2.10. The van der Waals surface area contributed by atoms with Crippen molar-refractivity contribution in [3.8, 4) is 0 Å². The number of rotatable bonds is 5. The van der Waals surface area contributed by atoms with Crippen LogP contribution in [0, 0.1) is 5.92 Å². The molecule has 0 aliphatic carbocycles. The Morgan fingerprint density at radius 1 is 1.33 bits per heavy atom. The van der Waals surface area contributed by atoms with E-state index in [1.165, 1.54) is 5.56 Å². The molecule has 0 spiro atoms. The second-order valence-corrected chi connectivity index (χ2v) is 4.39. The Kier molecular flexibility index (Phi) is 4.72. The maximum Gasteiger partial charge on any atom is 0.0271 e. The van der Waals surface area contributed by atoms with Crippen LogP contribution in [-0.2, 0) is 6.54 Å². The van der Waals surface area contributed by atoms with Crippen LogP contribution >= 0.6 is 0 Å². The fraction of sp³-hybridized carbons (Fsp3) is 0.583. The Hall–Kier alpha value is -0.930. The molecule has 1 heterocycles. The first-order chi connectivity index (χ1) is 7.09. The van der Waals surface area contributed by atoms with Gasteiger partial charge < -0.3 is 10.6 Å². The summed E-state index contributed by atoms with van der Waals surface area (Å²) in [6, 6.07) is 4.35. The zero-order valence-electron chi connectivity index (χ0n) is 9.85. The van der Waals surface area contributed by atoms with Crippen molar-refractivity contribution >= 4 is 0 Å². The molecule has 1 rings (SSSR count). The molecule has 3 nitrogen and oxygen atoms in total. The standard InChI is InChI=1S/C12H21N3/c1-10(11(2)13)8-15(3)9-12-4-6-14-7-5-12/h4-7,10-11H,8-9,13H2,1-3H3. The lowest BCUT2D eigenvalue weighted by Gasteiger charge is -2.23. The zero-order chi connectivity index (χ0) is 11.3. The quantitative estimate of drug-likeness (QED) is 0.795. The van der Waals surface area contributed by atoms with Gasteiger partial charge in [-0.25, -0.2) is 0 Å². The van der Waals surface area contributed by atoms with E-state index in [1.807, 2.05) is 24.5 Å². The molecule has 0 aliphatic rings. The summed E-state index contributed by atoms with van der Waals surface area (Å²) in [6.45, 7) is 6.23. The van der Waals surface area contributed by atoms with E-state index >= 15 is 0 Å². The Balaban J connectivity index is 2.39. The third-order valence-electron chi connectivity index (χ3n) is 2.70. The number of pyridine rings is 1. The van der Waals surface area contributed by atoms with Crippen molar-refractivity contribution in [1.29, 1.82) is 0 Å². The molecule has 0 fully saturated rings. The van der Waals surface area contributed by atoms with Gasteiger partial charge in [0.15, 0.2) is 0 Å². The average Bonchev–Trinajstić information content (AvgIpc) is 2.18. The molecule has 2 atom stereocenters. The van der Waals surface area contributed by atoms with Crippen LogP contribution in [0.2, 0.25) is 0 Å². The van der Waals surface area contributed by atoms with Gasteiger partial charge in [0.1, 0.15) is 0 Å². The molecule has 0 radical (unpaired) electrons. The molecule has 84 valence electrons. The van der Waals surface area contributed by atoms with E-state index in [4.69, 9.17) is 5.73 Å². The second kappa shape index (κ2) is 5.83. The fourth-order valence-corrected chi connectivity index (χ4v) is 1.52. The highest BCUT2D eigenvalue weighted by atomic mass is 15.1. The molecule has 0 saturated carbocycles. The predicted molar refractivity (Wildman–Crippen MR) is 63.4 cm³/mol. The van der Waals surface area contributed by atoms with Crippen molar-refractivity contribution in [3.63, 3.8) is 0 Å². The minimum absolute atomic E-state index is 0.255. The van der Waals surface area contributed by atoms with Gasteiger partial charge in [0.2, 0.25) is 0 Å². The summed E-state index contributed by atoms with van der Waals surface area (Å²) in [6.07, 6.45) is 3.66. The molecule has 1 aromatic heterocycles. The van der Waals surface area contributed by atoms with E-state index in [9.17, 15) is 0 Å². The molecule has 0 aliphatic heterocycles. The molecule has 0 bridgehead atoms. The van der Waals surface area contributed by atoms with E-state index in [0.29, 0.717) is 5.92 Å². The molecule has 15 heavy (non-hydrogen) atoms. The van der Waals surface area contributed by atoms with Crippen molar-refractivity contribution in [2.75, 3.05) is 13.6 Å². The molecule has 2 unspecified atom stereocenters. The summed E-state index contributed by atoms with van der Waals surface area (Å²) in [5.74, 6) is 0.525. The Morgan fingerprint density at radius 2 is 1.93 bits per heavy atom. The second-order valence-electron chi connectivity index (χ2n) is 4.39. The van der Waals surface area contributed by atoms with Gasteiger partial charge in [-0.2, -0.15) is 0 Å². The molecule has 3 heteroatoms. The highest BCUT2D eigenvalue weighted by molar-refractivity contribution is 5.09. The monoisotopic (exact) mass is 207 g/mol. The van der Waals surface area contributed by atoms with Crippen molar-refractivity contribution in [2.45, 2.75) is 26.4 Å². The van der Waals surface area contributed by atoms with Crippen LogP contribution in [0.25, 0.3) is 0 Å². The Morgan fingerprint density at radius 3 is 2.47 bits per heavy atom. The van der Waals surface area contributed by atoms with Crippen LogP contribution in [0.4, 0.5) is 0 Å². The molecule has 0 aromatic carbocycles. The molecule has 0 amide bonds. The van der Waals surface area contributed by atoms with E-state index < -0.39 is 0 Å². The summed E-state index contributed by atoms with van der Waals surface area (Å²) in [7, 11) is 2.12. The van der Waals surface area contributed by atoms with Gasteiger partial charge in [0.05, 0.1) is 0 Å². The fourth-order valence-electron chi connectivity index (χ4n) is 1.52. The first kappa shape index (κ1) is 12.1. The van der Waals surface area contributed by atoms with Gasteiger partial charge in [0.25, 0.3) is 0 Å². The summed E-state index contributed by atoms with van der Waals surface area (Å²) in [4.78, 5) is 6.30. The average molecular weight is 207 g/mol. The Bertz CT molecular complexity index is 271. The summed E-state index contributed by atoms with van der Waals surface area (Å²) >= 11 is 0. The van der Waals surface area contributed by atoms with Gasteiger partial charge >= 0.3 is 0 Å². The third-order valence-corrected chi connectivity index (χ3v) is 2.70. The first-order valence-electron chi connectivity index (χ1n) is 5.42. The lowest BCUT2D eigenvalue weighted by molar-refractivity contribution is 0.262. The van der Waals surface area contributed by atoms with E-state index in [0.717, 1.165) is 13.1 Å². The van der Waals surface area contributed by atoms with Gasteiger partial charge in [-0.05, 0) is 37.6 Å². The lowest BCUT2D eigenvalue weighted by atomic mass is 10.0.